The molecule has 0 fully saturated rings. The van der Waals surface area contributed by atoms with Crippen molar-refractivity contribution >= 4 is 49.8 Å². The van der Waals surface area contributed by atoms with Crippen molar-refractivity contribution in [3.8, 4) is 5.75 Å². The lowest BCUT2D eigenvalue weighted by Crippen LogP contribution is -2.27. The van der Waals surface area contributed by atoms with E-state index in [1.807, 2.05) is 31.2 Å². The van der Waals surface area contributed by atoms with Crippen molar-refractivity contribution in [1.29, 1.82) is 0 Å². The molecule has 158 valence electrons. The van der Waals surface area contributed by atoms with Gasteiger partial charge in [0.2, 0.25) is 0 Å². The lowest BCUT2D eigenvalue weighted by molar-refractivity contribution is -0.132. The van der Waals surface area contributed by atoms with Crippen LogP contribution < -0.4 is 10.1 Å². The SMILES string of the molecule is Cc1ccccc1COc1c(Br)cc(/C=C(/NC(=O)c2ccccc2)C(=O)O)cc1Br. The predicted molar refractivity (Wildman–Crippen MR) is 127 cm³/mol. The number of nitrogens with one attached hydrogen (secondary N) is 1. The number of aliphatic carboxylic acids is 1. The quantitative estimate of drug-likeness (QED) is 0.360. The van der Waals surface area contributed by atoms with Crippen LogP contribution in [0.3, 0.4) is 0 Å². The molecule has 3 aromatic rings. The Bertz CT molecular complexity index is 1120. The van der Waals surface area contributed by atoms with Crippen LogP contribution in [0.5, 0.6) is 5.75 Å². The number of ether oxygens (including phenoxy) is 1. The molecule has 3 aromatic carbocycles. The first-order valence-corrected chi connectivity index (χ1v) is 10.9. The number of carbonyl (C=O) groups excluding carboxylic acids is 1. The number of carbonyl (C=O) groups is 2. The van der Waals surface area contributed by atoms with Gasteiger partial charge in [0.1, 0.15) is 18.1 Å². The molecule has 0 saturated carbocycles. The Balaban J connectivity index is 1.81. The summed E-state index contributed by atoms with van der Waals surface area (Å²) in [5, 5.41) is 12.0. The van der Waals surface area contributed by atoms with E-state index in [9.17, 15) is 14.7 Å². The lowest BCUT2D eigenvalue weighted by atomic mass is 10.1. The second kappa shape index (κ2) is 10.4. The molecule has 0 heterocycles. The molecule has 0 aromatic heterocycles. The fourth-order valence-corrected chi connectivity index (χ4v) is 4.28. The number of rotatable bonds is 7. The Labute approximate surface area is 197 Å². The molecule has 3 rings (SSSR count). The van der Waals surface area contributed by atoms with Crippen LogP contribution in [-0.2, 0) is 11.4 Å². The molecule has 0 radical (unpaired) electrons. The van der Waals surface area contributed by atoms with Crippen LogP contribution in [0.2, 0.25) is 0 Å². The molecule has 2 N–H and O–H groups in total. The Kier molecular flexibility index (Phi) is 7.65. The van der Waals surface area contributed by atoms with E-state index in [4.69, 9.17) is 4.74 Å². The molecule has 0 spiro atoms. The Hall–Kier alpha value is -2.90. The van der Waals surface area contributed by atoms with Crippen LogP contribution in [0, 0.1) is 6.92 Å². The van der Waals surface area contributed by atoms with Gasteiger partial charge in [0.25, 0.3) is 5.91 Å². The summed E-state index contributed by atoms with van der Waals surface area (Å²) < 4.78 is 7.27. The van der Waals surface area contributed by atoms with Gasteiger partial charge in [0, 0.05) is 5.56 Å². The van der Waals surface area contributed by atoms with E-state index in [-0.39, 0.29) is 5.70 Å². The number of aryl methyl sites for hydroxylation is 1. The van der Waals surface area contributed by atoms with Crippen LogP contribution in [0.4, 0.5) is 0 Å². The molecule has 31 heavy (non-hydrogen) atoms. The van der Waals surface area contributed by atoms with Crippen molar-refractivity contribution in [2.75, 3.05) is 0 Å². The zero-order valence-corrected chi connectivity index (χ0v) is 19.7. The van der Waals surface area contributed by atoms with Crippen molar-refractivity contribution in [3.05, 3.63) is 104 Å². The normalized spacial score (nSPS) is 11.1. The van der Waals surface area contributed by atoms with Crippen molar-refractivity contribution in [1.82, 2.24) is 5.32 Å². The fraction of sp³-hybridized carbons (Fsp3) is 0.0833. The maximum Gasteiger partial charge on any atom is 0.352 e. The minimum Gasteiger partial charge on any atom is -0.487 e. The van der Waals surface area contributed by atoms with Gasteiger partial charge in [-0.15, -0.1) is 0 Å². The highest BCUT2D eigenvalue weighted by Gasteiger charge is 2.15. The molecule has 0 saturated heterocycles. The predicted octanol–water partition coefficient (Wildman–Crippen LogP) is 5.95. The maximum atomic E-state index is 12.3. The third-order valence-corrected chi connectivity index (χ3v) is 5.66. The summed E-state index contributed by atoms with van der Waals surface area (Å²) in [7, 11) is 0. The van der Waals surface area contributed by atoms with Gasteiger partial charge in [-0.05, 0) is 85.8 Å². The van der Waals surface area contributed by atoms with E-state index >= 15 is 0 Å². The van der Waals surface area contributed by atoms with Gasteiger partial charge in [0.05, 0.1) is 8.95 Å². The Morgan fingerprint density at radius 3 is 2.23 bits per heavy atom. The zero-order chi connectivity index (χ0) is 22.4. The number of halogens is 2. The van der Waals surface area contributed by atoms with E-state index in [2.05, 4.69) is 37.2 Å². The van der Waals surface area contributed by atoms with E-state index in [1.165, 1.54) is 6.08 Å². The Morgan fingerprint density at radius 2 is 1.61 bits per heavy atom. The van der Waals surface area contributed by atoms with Crippen LogP contribution >= 0.6 is 31.9 Å². The van der Waals surface area contributed by atoms with E-state index in [0.717, 1.165) is 11.1 Å². The zero-order valence-electron chi connectivity index (χ0n) is 16.6. The van der Waals surface area contributed by atoms with Gasteiger partial charge in [0.15, 0.2) is 0 Å². The van der Waals surface area contributed by atoms with Gasteiger partial charge < -0.3 is 15.2 Å². The van der Waals surface area contributed by atoms with Crippen LogP contribution in [0.25, 0.3) is 6.08 Å². The third kappa shape index (κ3) is 6.06. The standard InChI is InChI=1S/C24H19Br2NO4/c1-15-7-5-6-10-18(15)14-31-22-19(25)11-16(12-20(22)26)13-21(24(29)30)27-23(28)17-8-3-2-4-9-17/h2-13H,14H2,1H3,(H,27,28)(H,29,30)/b21-13+. The lowest BCUT2D eigenvalue weighted by Gasteiger charge is -2.13. The van der Waals surface area contributed by atoms with Gasteiger partial charge in [-0.3, -0.25) is 4.79 Å². The van der Waals surface area contributed by atoms with Crippen molar-refractivity contribution < 1.29 is 19.4 Å². The first-order valence-electron chi connectivity index (χ1n) is 9.33. The molecule has 0 aliphatic rings. The number of carboxylic acids is 1. The molecule has 0 aliphatic carbocycles. The van der Waals surface area contributed by atoms with Crippen molar-refractivity contribution in [2.24, 2.45) is 0 Å². The molecule has 0 atom stereocenters. The monoisotopic (exact) mass is 543 g/mol. The molecule has 1 amide bonds. The molecule has 7 heteroatoms. The second-order valence-electron chi connectivity index (χ2n) is 6.71. The fourth-order valence-electron chi connectivity index (χ4n) is 2.82. The van der Waals surface area contributed by atoms with Crippen LogP contribution in [0.15, 0.2) is 81.4 Å². The number of carboxylic acid groups (broad SMARTS) is 1. The van der Waals surface area contributed by atoms with E-state index in [1.54, 1.807) is 42.5 Å². The van der Waals surface area contributed by atoms with Crippen LogP contribution in [-0.4, -0.2) is 17.0 Å². The van der Waals surface area contributed by atoms with Gasteiger partial charge in [-0.25, -0.2) is 4.79 Å². The molecule has 0 bridgehead atoms. The summed E-state index contributed by atoms with van der Waals surface area (Å²) in [5.41, 5.74) is 2.92. The summed E-state index contributed by atoms with van der Waals surface area (Å²) in [6.07, 6.45) is 1.39. The highest BCUT2D eigenvalue weighted by molar-refractivity contribution is 9.11. The average Bonchev–Trinajstić information content (AvgIpc) is 2.74. The highest BCUT2D eigenvalue weighted by atomic mass is 79.9. The first kappa shape index (κ1) is 22.8. The molecule has 0 aliphatic heterocycles. The van der Waals surface area contributed by atoms with Crippen LogP contribution in [0.1, 0.15) is 27.0 Å². The van der Waals surface area contributed by atoms with Crippen molar-refractivity contribution in [3.63, 3.8) is 0 Å². The number of hydrogen-bond donors (Lipinski definition) is 2. The van der Waals surface area contributed by atoms with Gasteiger partial charge in [-0.2, -0.15) is 0 Å². The molecule has 0 unspecified atom stereocenters. The second-order valence-corrected chi connectivity index (χ2v) is 8.42. The summed E-state index contributed by atoms with van der Waals surface area (Å²) in [6.45, 7) is 2.42. The van der Waals surface area contributed by atoms with Gasteiger partial charge >= 0.3 is 5.97 Å². The number of hydrogen-bond acceptors (Lipinski definition) is 3. The molecular formula is C24H19Br2NO4. The minimum atomic E-state index is -1.24. The number of amides is 1. The minimum absolute atomic E-state index is 0.235. The smallest absolute Gasteiger partial charge is 0.352 e. The summed E-state index contributed by atoms with van der Waals surface area (Å²) >= 11 is 6.97. The largest absolute Gasteiger partial charge is 0.487 e. The summed E-state index contributed by atoms with van der Waals surface area (Å²) in [6, 6.07) is 19.9. The van der Waals surface area contributed by atoms with Crippen molar-refractivity contribution in [2.45, 2.75) is 13.5 Å². The van der Waals surface area contributed by atoms with Gasteiger partial charge in [-0.1, -0.05) is 42.5 Å². The topological polar surface area (TPSA) is 75.6 Å². The van der Waals surface area contributed by atoms with E-state index < -0.39 is 11.9 Å². The summed E-state index contributed by atoms with van der Waals surface area (Å²) in [5.74, 6) is -1.13. The summed E-state index contributed by atoms with van der Waals surface area (Å²) in [4.78, 5) is 24.0. The average molecular weight is 545 g/mol. The first-order chi connectivity index (χ1) is 14.8. The molecule has 5 nitrogen and oxygen atoms in total. The number of benzene rings is 3. The third-order valence-electron chi connectivity index (χ3n) is 4.48. The highest BCUT2D eigenvalue weighted by Crippen LogP contribution is 2.36. The van der Waals surface area contributed by atoms with E-state index in [0.29, 0.717) is 32.4 Å². The maximum absolute atomic E-state index is 12.3. The Morgan fingerprint density at radius 1 is 1.00 bits per heavy atom. The molecular weight excluding hydrogens is 526 g/mol.